The average molecular weight is 249 g/mol. The molecule has 16 heavy (non-hydrogen) atoms. The SMILES string of the molecule is [B]C1OC(COPO)C(O)N(C(C)C)C1O. The highest BCUT2D eigenvalue weighted by molar-refractivity contribution is 7.24. The molecule has 1 fully saturated rings. The largest absolute Gasteiger partial charge is 0.376 e. The van der Waals surface area contributed by atoms with E-state index in [2.05, 4.69) is 0 Å². The molecule has 0 saturated carbocycles. The number of aliphatic hydroxyl groups excluding tert-OH is 2. The lowest BCUT2D eigenvalue weighted by molar-refractivity contribution is -0.255. The van der Waals surface area contributed by atoms with Gasteiger partial charge < -0.3 is 24.4 Å². The summed E-state index contributed by atoms with van der Waals surface area (Å²) in [6, 6.07) is -0.986. The molecule has 0 aliphatic carbocycles. The van der Waals surface area contributed by atoms with Crippen molar-refractivity contribution in [1.29, 1.82) is 0 Å². The molecule has 2 radical (unpaired) electrons. The van der Waals surface area contributed by atoms with Crippen molar-refractivity contribution >= 4 is 16.9 Å². The van der Waals surface area contributed by atoms with E-state index in [4.69, 9.17) is 22.0 Å². The van der Waals surface area contributed by atoms with Gasteiger partial charge in [-0.3, -0.25) is 0 Å². The van der Waals surface area contributed by atoms with Crippen LogP contribution in [0.3, 0.4) is 0 Å². The predicted octanol–water partition coefficient (Wildman–Crippen LogP) is -1.26. The van der Waals surface area contributed by atoms with Gasteiger partial charge >= 0.3 is 0 Å². The van der Waals surface area contributed by atoms with E-state index in [9.17, 15) is 10.2 Å². The second-order valence-electron chi connectivity index (χ2n) is 3.91. The van der Waals surface area contributed by atoms with E-state index in [1.165, 1.54) is 4.90 Å². The van der Waals surface area contributed by atoms with E-state index < -0.39 is 33.6 Å². The van der Waals surface area contributed by atoms with Gasteiger partial charge in [0.05, 0.1) is 12.6 Å². The Hall–Kier alpha value is 0.255. The molecule has 0 aromatic heterocycles. The fourth-order valence-electron chi connectivity index (χ4n) is 1.72. The van der Waals surface area contributed by atoms with E-state index in [0.717, 1.165) is 0 Å². The number of hydrogen-bond donors (Lipinski definition) is 3. The molecule has 1 saturated heterocycles. The van der Waals surface area contributed by atoms with Crippen LogP contribution >= 0.6 is 9.03 Å². The Morgan fingerprint density at radius 2 is 2.06 bits per heavy atom. The topological polar surface area (TPSA) is 82.4 Å². The van der Waals surface area contributed by atoms with Gasteiger partial charge in [-0.25, -0.2) is 4.90 Å². The maximum Gasteiger partial charge on any atom is 0.152 e. The number of ether oxygens (including phenoxy) is 1. The third-order valence-electron chi connectivity index (χ3n) is 2.48. The Morgan fingerprint density at radius 1 is 1.44 bits per heavy atom. The zero-order valence-corrected chi connectivity index (χ0v) is 10.3. The number of hydrogen-bond acceptors (Lipinski definition) is 6. The van der Waals surface area contributed by atoms with Gasteiger partial charge in [-0.2, -0.15) is 0 Å². The van der Waals surface area contributed by atoms with Crippen LogP contribution in [0.1, 0.15) is 13.8 Å². The van der Waals surface area contributed by atoms with Crippen LogP contribution in [-0.4, -0.2) is 65.1 Å². The lowest BCUT2D eigenvalue weighted by Gasteiger charge is -2.46. The van der Waals surface area contributed by atoms with Crippen LogP contribution in [0.25, 0.3) is 0 Å². The Labute approximate surface area is 97.9 Å². The van der Waals surface area contributed by atoms with Crippen molar-refractivity contribution in [2.45, 2.75) is 44.5 Å². The molecule has 5 unspecified atom stereocenters. The van der Waals surface area contributed by atoms with Crippen LogP contribution < -0.4 is 0 Å². The van der Waals surface area contributed by atoms with Gasteiger partial charge in [0.15, 0.2) is 9.03 Å². The van der Waals surface area contributed by atoms with Gasteiger partial charge in [0, 0.05) is 6.04 Å². The smallest absolute Gasteiger partial charge is 0.152 e. The Bertz CT molecular complexity index is 223. The van der Waals surface area contributed by atoms with Crippen LogP contribution in [0.5, 0.6) is 0 Å². The lowest BCUT2D eigenvalue weighted by Crippen LogP contribution is -2.63. The maximum absolute atomic E-state index is 9.94. The Kier molecular flexibility index (Phi) is 5.60. The predicted molar refractivity (Wildman–Crippen MR) is 59.9 cm³/mol. The molecule has 0 amide bonds. The van der Waals surface area contributed by atoms with Gasteiger partial charge in [-0.15, -0.1) is 0 Å². The number of aliphatic hydroxyl groups is 2. The van der Waals surface area contributed by atoms with Crippen LogP contribution in [0, 0.1) is 0 Å². The van der Waals surface area contributed by atoms with Gasteiger partial charge in [-0.05, 0) is 13.8 Å². The molecule has 1 aliphatic heterocycles. The Morgan fingerprint density at radius 3 is 2.56 bits per heavy atom. The second-order valence-corrected chi connectivity index (χ2v) is 4.38. The number of morpholine rings is 1. The third kappa shape index (κ3) is 3.14. The number of nitrogens with zero attached hydrogens (tertiary/aromatic N) is 1. The third-order valence-corrected chi connectivity index (χ3v) is 2.77. The van der Waals surface area contributed by atoms with E-state index in [1.807, 2.05) is 13.8 Å². The van der Waals surface area contributed by atoms with Crippen molar-refractivity contribution in [2.75, 3.05) is 6.61 Å². The molecule has 0 spiro atoms. The van der Waals surface area contributed by atoms with Crippen molar-refractivity contribution in [3.05, 3.63) is 0 Å². The molecular formula is C8H17BNO5P. The molecule has 92 valence electrons. The van der Waals surface area contributed by atoms with Crippen LogP contribution in [0.2, 0.25) is 0 Å². The molecule has 5 atom stereocenters. The van der Waals surface area contributed by atoms with Crippen molar-refractivity contribution in [3.63, 3.8) is 0 Å². The minimum atomic E-state index is -1.05. The number of rotatable bonds is 4. The minimum Gasteiger partial charge on any atom is -0.376 e. The van der Waals surface area contributed by atoms with E-state index >= 15 is 0 Å². The van der Waals surface area contributed by atoms with Crippen molar-refractivity contribution < 1.29 is 24.4 Å². The molecule has 0 aromatic carbocycles. The summed E-state index contributed by atoms with van der Waals surface area (Å²) in [4.78, 5) is 10.00. The first-order valence-corrected chi connectivity index (χ1v) is 5.90. The molecule has 1 heterocycles. The fraction of sp³-hybridized carbons (Fsp3) is 1.00. The molecule has 6 nitrogen and oxygen atoms in total. The monoisotopic (exact) mass is 249 g/mol. The minimum absolute atomic E-state index is 0.0275. The highest BCUT2D eigenvalue weighted by Crippen LogP contribution is 2.23. The first-order chi connectivity index (χ1) is 7.49. The van der Waals surface area contributed by atoms with E-state index in [0.29, 0.717) is 0 Å². The van der Waals surface area contributed by atoms with Crippen LogP contribution in [0.15, 0.2) is 0 Å². The summed E-state index contributed by atoms with van der Waals surface area (Å²) >= 11 is 0. The molecule has 1 aliphatic rings. The summed E-state index contributed by atoms with van der Waals surface area (Å²) in [6.45, 7) is 3.69. The molecule has 3 N–H and O–H groups in total. The lowest BCUT2D eigenvalue weighted by atomic mass is 9.94. The molecule has 1 rings (SSSR count). The molecule has 0 bridgehead atoms. The van der Waals surface area contributed by atoms with Crippen LogP contribution in [0.4, 0.5) is 0 Å². The van der Waals surface area contributed by atoms with E-state index in [-0.39, 0.29) is 12.6 Å². The first-order valence-electron chi connectivity index (χ1n) is 5.04. The van der Waals surface area contributed by atoms with Gasteiger partial charge in [0.2, 0.25) is 0 Å². The molecular weight excluding hydrogens is 232 g/mol. The Balaban J connectivity index is 2.68. The highest BCUT2D eigenvalue weighted by Gasteiger charge is 2.41. The zero-order chi connectivity index (χ0) is 12.3. The maximum atomic E-state index is 9.94. The van der Waals surface area contributed by atoms with Crippen molar-refractivity contribution in [1.82, 2.24) is 4.90 Å². The zero-order valence-electron chi connectivity index (χ0n) is 9.28. The molecule has 0 aromatic rings. The average Bonchev–Trinajstić information content (AvgIpc) is 2.21. The summed E-state index contributed by atoms with van der Waals surface area (Å²) in [7, 11) is 4.92. The normalized spacial score (nSPS) is 37.6. The fourth-order valence-corrected chi connectivity index (χ4v) is 1.95. The summed E-state index contributed by atoms with van der Waals surface area (Å²) in [5.74, 6) is 0. The van der Waals surface area contributed by atoms with Crippen molar-refractivity contribution in [3.8, 4) is 0 Å². The summed E-state index contributed by atoms with van der Waals surface area (Å²) in [5, 5.41) is 19.7. The quantitative estimate of drug-likeness (QED) is 0.426. The van der Waals surface area contributed by atoms with Gasteiger partial charge in [0.25, 0.3) is 0 Å². The van der Waals surface area contributed by atoms with E-state index in [1.54, 1.807) is 0 Å². The van der Waals surface area contributed by atoms with Gasteiger partial charge in [0.1, 0.15) is 26.4 Å². The highest BCUT2D eigenvalue weighted by atomic mass is 31.1. The summed E-state index contributed by atoms with van der Waals surface area (Å²) < 4.78 is 9.99. The first kappa shape index (κ1) is 14.3. The van der Waals surface area contributed by atoms with Crippen LogP contribution in [-0.2, 0) is 9.26 Å². The standard InChI is InChI=1S/C8H17BNO5P/c1-4(2)10-7(11)5(3-14-16-13)15-6(9)8(10)12/h4-8,11-13,16H,3H2,1-2H3. The molecule has 8 heteroatoms. The summed E-state index contributed by atoms with van der Waals surface area (Å²) in [5.41, 5.74) is 0. The second kappa shape index (κ2) is 6.26. The van der Waals surface area contributed by atoms with Crippen molar-refractivity contribution in [2.24, 2.45) is 0 Å². The summed E-state index contributed by atoms with van der Waals surface area (Å²) in [6.07, 6.45) is -2.74. The van der Waals surface area contributed by atoms with Gasteiger partial charge in [-0.1, -0.05) is 0 Å².